The van der Waals surface area contributed by atoms with Crippen LogP contribution in [0.2, 0.25) is 0 Å². The van der Waals surface area contributed by atoms with Crippen LogP contribution in [0.3, 0.4) is 0 Å². The average Bonchev–Trinajstić information content (AvgIpc) is 2.70. The van der Waals surface area contributed by atoms with Crippen LogP contribution in [0.4, 0.5) is 4.79 Å². The van der Waals surface area contributed by atoms with E-state index in [-0.39, 0.29) is 18.2 Å². The molecule has 3 N–H and O–H groups in total. The number of aliphatic hydroxyl groups is 1. The number of alkyl carbamates (subject to hydrolysis) is 1. The van der Waals surface area contributed by atoms with Gasteiger partial charge in [0.2, 0.25) is 5.91 Å². The van der Waals surface area contributed by atoms with Crippen LogP contribution in [0.1, 0.15) is 33.6 Å². The third-order valence-electron chi connectivity index (χ3n) is 2.92. The number of nitrogens with one attached hydrogen (secondary N) is 2. The zero-order valence-corrected chi connectivity index (χ0v) is 12.1. The Labute approximate surface area is 118 Å². The highest BCUT2D eigenvalue weighted by atomic mass is 16.6. The summed E-state index contributed by atoms with van der Waals surface area (Å²) in [5.74, 6) is -0.993. The minimum Gasteiger partial charge on any atom is -0.444 e. The number of carbonyl (C=O) groups excluding carboxylic acids is 3. The second-order valence-corrected chi connectivity index (χ2v) is 5.84. The van der Waals surface area contributed by atoms with Crippen molar-refractivity contribution >= 4 is 17.8 Å². The van der Waals surface area contributed by atoms with Crippen LogP contribution in [-0.2, 0) is 14.3 Å². The zero-order valence-electron chi connectivity index (χ0n) is 12.1. The van der Waals surface area contributed by atoms with Gasteiger partial charge in [-0.15, -0.1) is 0 Å². The van der Waals surface area contributed by atoms with Gasteiger partial charge < -0.3 is 20.5 Å². The van der Waals surface area contributed by atoms with Gasteiger partial charge in [-0.25, -0.2) is 4.79 Å². The van der Waals surface area contributed by atoms with Crippen molar-refractivity contribution in [2.24, 2.45) is 5.92 Å². The first-order chi connectivity index (χ1) is 9.23. The van der Waals surface area contributed by atoms with Crippen molar-refractivity contribution in [3.8, 4) is 0 Å². The highest BCUT2D eigenvalue weighted by Crippen LogP contribution is 2.17. The fourth-order valence-electron chi connectivity index (χ4n) is 1.99. The Morgan fingerprint density at radius 2 is 2.15 bits per heavy atom. The van der Waals surface area contributed by atoms with Crippen LogP contribution in [0.15, 0.2) is 0 Å². The summed E-state index contributed by atoms with van der Waals surface area (Å²) in [6.45, 7) is 5.00. The maximum absolute atomic E-state index is 11.7. The van der Waals surface area contributed by atoms with E-state index < -0.39 is 30.1 Å². The first-order valence-corrected chi connectivity index (χ1v) is 6.63. The molecule has 7 heteroatoms. The van der Waals surface area contributed by atoms with Gasteiger partial charge in [-0.3, -0.25) is 9.59 Å². The van der Waals surface area contributed by atoms with E-state index in [2.05, 4.69) is 10.6 Å². The SMILES string of the molecule is CC(C)(C)OC(=O)N[C@@H](C[C@@H]1CCNC1=O)C(=O)CO. The number of aliphatic hydroxyl groups excluding tert-OH is 1. The molecule has 1 saturated heterocycles. The number of Topliss-reactive ketones (excluding diaryl/α,β-unsaturated/α-hetero) is 1. The van der Waals surface area contributed by atoms with Gasteiger partial charge in [-0.2, -0.15) is 0 Å². The van der Waals surface area contributed by atoms with E-state index >= 15 is 0 Å². The maximum Gasteiger partial charge on any atom is 0.408 e. The Morgan fingerprint density at radius 1 is 1.50 bits per heavy atom. The highest BCUT2D eigenvalue weighted by molar-refractivity contribution is 5.89. The van der Waals surface area contributed by atoms with E-state index in [1.165, 1.54) is 0 Å². The third-order valence-corrected chi connectivity index (χ3v) is 2.92. The molecule has 1 rings (SSSR count). The highest BCUT2D eigenvalue weighted by Gasteiger charge is 2.31. The third kappa shape index (κ3) is 5.16. The van der Waals surface area contributed by atoms with Gasteiger partial charge >= 0.3 is 6.09 Å². The van der Waals surface area contributed by atoms with Crippen LogP contribution >= 0.6 is 0 Å². The molecule has 0 saturated carbocycles. The Morgan fingerprint density at radius 3 is 2.60 bits per heavy atom. The number of ketones is 1. The van der Waals surface area contributed by atoms with E-state index in [1.807, 2.05) is 0 Å². The Bertz CT molecular complexity index is 389. The number of ether oxygens (including phenoxy) is 1. The van der Waals surface area contributed by atoms with Gasteiger partial charge in [0.05, 0.1) is 6.04 Å². The first kappa shape index (κ1) is 16.4. The van der Waals surface area contributed by atoms with Crippen molar-refractivity contribution < 1.29 is 24.2 Å². The fraction of sp³-hybridized carbons (Fsp3) is 0.769. The molecule has 0 unspecified atom stereocenters. The van der Waals surface area contributed by atoms with Crippen molar-refractivity contribution in [2.45, 2.75) is 45.3 Å². The van der Waals surface area contributed by atoms with Crippen LogP contribution in [0.5, 0.6) is 0 Å². The minimum atomic E-state index is -0.913. The fourth-order valence-corrected chi connectivity index (χ4v) is 1.99. The summed E-state index contributed by atoms with van der Waals surface area (Å²) in [6.07, 6.45) is 0.0526. The lowest BCUT2D eigenvalue weighted by Crippen LogP contribution is -2.46. The number of hydrogen-bond donors (Lipinski definition) is 3. The number of carbonyl (C=O) groups is 3. The lowest BCUT2D eigenvalue weighted by atomic mass is 9.96. The van der Waals surface area contributed by atoms with Gasteiger partial charge in [0.1, 0.15) is 12.2 Å². The molecule has 20 heavy (non-hydrogen) atoms. The summed E-state index contributed by atoms with van der Waals surface area (Å²) in [6, 6.07) is -0.913. The largest absolute Gasteiger partial charge is 0.444 e. The van der Waals surface area contributed by atoms with Crippen LogP contribution in [-0.4, -0.2) is 47.7 Å². The van der Waals surface area contributed by atoms with E-state index in [4.69, 9.17) is 9.84 Å². The molecule has 2 amide bonds. The molecular weight excluding hydrogens is 264 g/mol. The van der Waals surface area contributed by atoms with Crippen LogP contribution in [0, 0.1) is 5.92 Å². The Kier molecular flexibility index (Phi) is 5.50. The second-order valence-electron chi connectivity index (χ2n) is 5.84. The van der Waals surface area contributed by atoms with Crippen LogP contribution in [0.25, 0.3) is 0 Å². The smallest absolute Gasteiger partial charge is 0.408 e. The molecule has 1 fully saturated rings. The normalized spacial score (nSPS) is 20.2. The molecular formula is C13H22N2O5. The summed E-state index contributed by atoms with van der Waals surface area (Å²) in [5, 5.41) is 14.0. The summed E-state index contributed by atoms with van der Waals surface area (Å²) >= 11 is 0. The molecule has 7 nitrogen and oxygen atoms in total. The molecule has 1 aliphatic rings. The lowest BCUT2D eigenvalue weighted by Gasteiger charge is -2.23. The standard InChI is InChI=1S/C13H22N2O5/c1-13(2,3)20-12(19)15-9(10(17)7-16)6-8-4-5-14-11(8)18/h8-9,16H,4-7H2,1-3H3,(H,14,18)(H,15,19)/t8-,9-/m0/s1. The molecule has 0 aromatic carbocycles. The van der Waals surface area contributed by atoms with E-state index in [0.717, 1.165) is 0 Å². The van der Waals surface area contributed by atoms with Gasteiger partial charge in [0.15, 0.2) is 5.78 Å². The Hall–Kier alpha value is -1.63. The summed E-state index contributed by atoms with van der Waals surface area (Å²) < 4.78 is 5.07. The molecule has 0 radical (unpaired) electrons. The van der Waals surface area contributed by atoms with Gasteiger partial charge in [-0.1, -0.05) is 0 Å². The summed E-state index contributed by atoms with van der Waals surface area (Å²) in [7, 11) is 0. The first-order valence-electron chi connectivity index (χ1n) is 6.63. The molecule has 0 aromatic heterocycles. The van der Waals surface area contributed by atoms with E-state index in [9.17, 15) is 14.4 Å². The summed E-state index contributed by atoms with van der Waals surface area (Å²) in [4.78, 5) is 34.8. The molecule has 0 bridgehead atoms. The average molecular weight is 286 g/mol. The van der Waals surface area contributed by atoms with Crippen molar-refractivity contribution in [3.63, 3.8) is 0 Å². The molecule has 0 spiro atoms. The molecule has 1 heterocycles. The quantitative estimate of drug-likeness (QED) is 0.658. The predicted octanol–water partition coefficient (Wildman–Crippen LogP) is -0.0327. The van der Waals surface area contributed by atoms with Gasteiger partial charge in [0.25, 0.3) is 0 Å². The monoisotopic (exact) mass is 286 g/mol. The molecule has 0 aliphatic carbocycles. The van der Waals surface area contributed by atoms with Crippen molar-refractivity contribution in [2.75, 3.05) is 13.2 Å². The lowest BCUT2D eigenvalue weighted by molar-refractivity contribution is -0.125. The molecule has 114 valence electrons. The van der Waals surface area contributed by atoms with Crippen molar-refractivity contribution in [1.82, 2.24) is 10.6 Å². The minimum absolute atomic E-state index is 0.133. The number of hydrogen-bond acceptors (Lipinski definition) is 5. The summed E-state index contributed by atoms with van der Waals surface area (Å²) in [5.41, 5.74) is -0.679. The Balaban J connectivity index is 2.62. The molecule has 2 atom stereocenters. The van der Waals surface area contributed by atoms with Gasteiger partial charge in [-0.05, 0) is 33.6 Å². The van der Waals surface area contributed by atoms with Crippen molar-refractivity contribution in [1.29, 1.82) is 0 Å². The number of rotatable bonds is 5. The van der Waals surface area contributed by atoms with E-state index in [0.29, 0.717) is 13.0 Å². The topological polar surface area (TPSA) is 105 Å². The van der Waals surface area contributed by atoms with Crippen LogP contribution < -0.4 is 10.6 Å². The molecule has 0 aromatic rings. The second kappa shape index (κ2) is 6.69. The number of amides is 2. The maximum atomic E-state index is 11.7. The zero-order chi connectivity index (χ0) is 15.3. The predicted molar refractivity (Wildman–Crippen MR) is 71.0 cm³/mol. The van der Waals surface area contributed by atoms with Gasteiger partial charge in [0, 0.05) is 12.5 Å². The van der Waals surface area contributed by atoms with E-state index in [1.54, 1.807) is 20.8 Å². The van der Waals surface area contributed by atoms with Crippen molar-refractivity contribution in [3.05, 3.63) is 0 Å². The molecule has 1 aliphatic heterocycles.